The topological polar surface area (TPSA) is 78.8 Å². The second-order valence-electron chi connectivity index (χ2n) is 6.68. The zero-order valence-corrected chi connectivity index (χ0v) is 20.6. The molecule has 0 radical (unpaired) electrons. The van der Waals surface area contributed by atoms with Crippen molar-refractivity contribution in [3.63, 3.8) is 0 Å². The molecule has 0 aliphatic carbocycles. The third-order valence-corrected chi connectivity index (χ3v) is 5.96. The minimum absolute atomic E-state index is 0. The van der Waals surface area contributed by atoms with Crippen LogP contribution in [0.1, 0.15) is 36.1 Å². The van der Waals surface area contributed by atoms with Crippen LogP contribution in [0.15, 0.2) is 53.5 Å². The molecule has 1 unspecified atom stereocenters. The van der Waals surface area contributed by atoms with Crippen molar-refractivity contribution in [1.82, 2.24) is 10.2 Å². The smallest absolute Gasteiger partial charge is 0.416 e. The number of nitrogens with one attached hydrogen (secondary N) is 1. The Morgan fingerprint density at radius 3 is 2.58 bits per heavy atom. The van der Waals surface area contributed by atoms with E-state index in [1.54, 1.807) is 37.3 Å². The van der Waals surface area contributed by atoms with Crippen LogP contribution >= 0.6 is 23.4 Å². The number of likely N-dealkylation sites (N-methyl/N-ethyl adjacent to an activating group) is 1. The minimum atomic E-state index is -0.615. The Balaban J connectivity index is 0.00000177. The number of thioether (sulfide) groups is 1. The van der Waals surface area contributed by atoms with Crippen molar-refractivity contribution in [1.29, 1.82) is 0 Å². The number of hydrogen-bond acceptors (Lipinski definition) is 5. The van der Waals surface area contributed by atoms with E-state index in [0.717, 1.165) is 23.7 Å². The number of halogens is 1. The number of carbonyl (C=O) groups is 2. The Labute approximate surface area is 216 Å². The molecule has 9 heteroatoms. The summed E-state index contributed by atoms with van der Waals surface area (Å²) >= 11 is 7.00. The Morgan fingerprint density at radius 1 is 1.24 bits per heavy atom. The van der Waals surface area contributed by atoms with Crippen LogP contribution in [-0.4, -0.2) is 48.2 Å². The number of carbonyl (C=O) groups excluding carboxylic acids is 3. The van der Waals surface area contributed by atoms with E-state index in [2.05, 4.69) is 22.8 Å². The standard InChI is InChI=1S/C22H20ClN3O3S.C2H5.Li/c1-24-21(28)19-8-5-11-26(19)22(29)20(15-6-3-2-4-7-15)30-14-25-18-10-9-17(23)12-16(18)13-27;1-2;/h2-4,6-7,9-10,12,19-20H,5,8,11H2,1H3,(H,24,28);1H2,2H3;/q-2;-1;+1/t19-,20?;;/m1../s1. The van der Waals surface area contributed by atoms with Crippen LogP contribution in [-0.2, 0) is 14.4 Å². The average Bonchev–Trinajstić information content (AvgIpc) is 3.33. The first-order valence-electron chi connectivity index (χ1n) is 10.1. The summed E-state index contributed by atoms with van der Waals surface area (Å²) < 4.78 is 0. The van der Waals surface area contributed by atoms with Gasteiger partial charge in [0.1, 0.15) is 6.04 Å². The molecule has 2 amide bonds. The third kappa shape index (κ3) is 7.75. The summed E-state index contributed by atoms with van der Waals surface area (Å²) in [5.41, 5.74) is 4.20. The monoisotopic (exact) mass is 477 g/mol. The molecule has 2 aromatic rings. The third-order valence-electron chi connectivity index (χ3n) is 4.82. The van der Waals surface area contributed by atoms with Gasteiger partial charge in [-0.05, 0) is 23.4 Å². The molecule has 33 heavy (non-hydrogen) atoms. The maximum absolute atomic E-state index is 13.4. The zero-order valence-electron chi connectivity index (χ0n) is 19.0. The molecule has 1 aliphatic rings. The SMILES string of the molecule is CNC(=O)[C@H]1CCCN1C(=O)C(S[C-]=Nc1ccc(Cl)cc1[C-]=O)c1ccccc1.[CH2-]C.[Li+]. The van der Waals surface area contributed by atoms with Crippen LogP contribution in [0.4, 0.5) is 5.69 Å². The predicted molar refractivity (Wildman–Crippen MR) is 130 cm³/mol. The number of nitrogens with zero attached hydrogens (tertiary/aromatic N) is 2. The fraction of sp³-hybridized carbons (Fsp3) is 0.292. The van der Waals surface area contributed by atoms with Crippen LogP contribution in [0.5, 0.6) is 0 Å². The summed E-state index contributed by atoms with van der Waals surface area (Å²) in [7, 11) is 1.57. The van der Waals surface area contributed by atoms with Gasteiger partial charge in [0.25, 0.3) is 0 Å². The summed E-state index contributed by atoms with van der Waals surface area (Å²) in [6.07, 6.45) is 3.21. The van der Waals surface area contributed by atoms with Crippen molar-refractivity contribution in [3.05, 3.63) is 71.6 Å². The first-order valence-corrected chi connectivity index (χ1v) is 11.4. The van der Waals surface area contributed by atoms with E-state index >= 15 is 0 Å². The average molecular weight is 478 g/mol. The van der Waals surface area contributed by atoms with Gasteiger partial charge in [-0.15, -0.1) is 17.2 Å². The number of aliphatic imine (C=N–C) groups is 1. The van der Waals surface area contributed by atoms with Crippen molar-refractivity contribution in [2.75, 3.05) is 13.6 Å². The van der Waals surface area contributed by atoms with Gasteiger partial charge in [-0.2, -0.15) is 6.92 Å². The van der Waals surface area contributed by atoms with Crippen molar-refractivity contribution in [2.45, 2.75) is 31.1 Å². The van der Waals surface area contributed by atoms with Crippen LogP contribution in [0.3, 0.4) is 0 Å². The Morgan fingerprint density at radius 2 is 1.94 bits per heavy atom. The molecule has 2 aromatic carbocycles. The fourth-order valence-electron chi connectivity index (χ4n) is 3.32. The van der Waals surface area contributed by atoms with Crippen molar-refractivity contribution in [3.8, 4) is 0 Å². The summed E-state index contributed by atoms with van der Waals surface area (Å²) in [4.78, 5) is 42.5. The largest absolute Gasteiger partial charge is 1.00 e. The van der Waals surface area contributed by atoms with Gasteiger partial charge in [-0.3, -0.25) is 9.59 Å². The predicted octanol–water partition coefficient (Wildman–Crippen LogP) is 1.39. The fourth-order valence-corrected chi connectivity index (χ4v) is 4.28. The molecule has 2 atom stereocenters. The van der Waals surface area contributed by atoms with Crippen molar-refractivity contribution >= 4 is 52.7 Å². The van der Waals surface area contributed by atoms with Gasteiger partial charge < -0.3 is 26.9 Å². The molecule has 0 spiro atoms. The van der Waals surface area contributed by atoms with E-state index in [0.29, 0.717) is 23.7 Å². The molecular formula is C24H25ClLiN3O3S-2. The van der Waals surface area contributed by atoms with Crippen LogP contribution < -0.4 is 24.2 Å². The molecular weight excluding hydrogens is 453 g/mol. The summed E-state index contributed by atoms with van der Waals surface area (Å²) in [6, 6.07) is 13.5. The molecule has 1 aliphatic heterocycles. The van der Waals surface area contributed by atoms with E-state index in [1.165, 1.54) is 6.07 Å². The quantitative estimate of drug-likeness (QED) is 0.283. The van der Waals surface area contributed by atoms with Crippen molar-refractivity contribution in [2.24, 2.45) is 4.99 Å². The minimum Gasteiger partial charge on any atom is -0.416 e. The molecule has 1 saturated heterocycles. The van der Waals surface area contributed by atoms with E-state index in [4.69, 9.17) is 11.6 Å². The number of rotatable bonds is 7. The first kappa shape index (κ1) is 29.0. The molecule has 0 saturated carbocycles. The van der Waals surface area contributed by atoms with Crippen LogP contribution in [0.25, 0.3) is 0 Å². The van der Waals surface area contributed by atoms with Gasteiger partial charge in [0.2, 0.25) is 11.8 Å². The van der Waals surface area contributed by atoms with Crippen LogP contribution in [0.2, 0.25) is 5.02 Å². The molecule has 6 nitrogen and oxygen atoms in total. The Hall–Kier alpha value is -2.04. The van der Waals surface area contributed by atoms with Gasteiger partial charge in [0.05, 0.1) is 11.5 Å². The second-order valence-corrected chi connectivity index (χ2v) is 8.01. The number of benzene rings is 2. The Kier molecular flexibility index (Phi) is 13.2. The molecule has 0 bridgehead atoms. The molecule has 1 heterocycles. The maximum atomic E-state index is 13.4. The summed E-state index contributed by atoms with van der Waals surface area (Å²) in [6.45, 7) is 5.53. The van der Waals surface area contributed by atoms with E-state index in [9.17, 15) is 14.4 Å². The summed E-state index contributed by atoms with van der Waals surface area (Å²) in [5, 5.41) is 2.43. The molecule has 3 rings (SSSR count). The second kappa shape index (κ2) is 15.0. The van der Waals surface area contributed by atoms with Crippen LogP contribution in [0, 0.1) is 6.92 Å². The van der Waals surface area contributed by atoms with E-state index in [1.807, 2.05) is 30.3 Å². The van der Waals surface area contributed by atoms with Crippen molar-refractivity contribution < 1.29 is 33.2 Å². The van der Waals surface area contributed by atoms with Gasteiger partial charge >= 0.3 is 18.9 Å². The van der Waals surface area contributed by atoms with Gasteiger partial charge in [-0.1, -0.05) is 59.8 Å². The van der Waals surface area contributed by atoms with E-state index < -0.39 is 11.3 Å². The number of likely N-dealkylation sites (tertiary alicyclic amines) is 1. The Bertz CT molecular complexity index is 959. The first-order chi connectivity index (χ1) is 15.5. The maximum Gasteiger partial charge on any atom is 1.00 e. The summed E-state index contributed by atoms with van der Waals surface area (Å²) in [5.74, 6) is -0.332. The van der Waals surface area contributed by atoms with Gasteiger partial charge in [0.15, 0.2) is 0 Å². The number of amides is 2. The molecule has 1 fully saturated rings. The molecule has 0 aromatic heterocycles. The molecule has 1 N–H and O–H groups in total. The van der Waals surface area contributed by atoms with E-state index in [-0.39, 0.29) is 36.2 Å². The zero-order chi connectivity index (χ0) is 23.5. The van der Waals surface area contributed by atoms with Gasteiger partial charge in [0, 0.05) is 13.6 Å². The molecule has 170 valence electrons. The normalized spacial score (nSPS) is 15.8. The van der Waals surface area contributed by atoms with Gasteiger partial charge in [-0.25, -0.2) is 11.8 Å². The number of hydrogen-bond donors (Lipinski definition) is 1.